The molecule has 6 heteroatoms. The van der Waals surface area contributed by atoms with E-state index in [1.165, 1.54) is 32.1 Å². The lowest BCUT2D eigenvalue weighted by Crippen LogP contribution is -2.51. The minimum atomic E-state index is 0. The zero-order valence-corrected chi connectivity index (χ0v) is 16.6. The van der Waals surface area contributed by atoms with Gasteiger partial charge < -0.3 is 15.5 Å². The first kappa shape index (κ1) is 18.8. The van der Waals surface area contributed by atoms with Crippen LogP contribution in [0.25, 0.3) is 0 Å². The van der Waals surface area contributed by atoms with E-state index in [1.54, 1.807) is 0 Å². The average Bonchev–Trinajstić information content (AvgIpc) is 3.14. The summed E-state index contributed by atoms with van der Waals surface area (Å²) < 4.78 is 0. The van der Waals surface area contributed by atoms with Gasteiger partial charge in [0.15, 0.2) is 5.96 Å². The summed E-state index contributed by atoms with van der Waals surface area (Å²) >= 11 is 0. The van der Waals surface area contributed by atoms with E-state index in [0.717, 1.165) is 50.9 Å². The predicted molar refractivity (Wildman–Crippen MR) is 104 cm³/mol. The van der Waals surface area contributed by atoms with Crippen LogP contribution in [0, 0.1) is 11.3 Å². The molecule has 2 N–H and O–H groups in total. The third-order valence-corrected chi connectivity index (χ3v) is 5.68. The molecule has 1 unspecified atom stereocenters. The lowest BCUT2D eigenvalue weighted by atomic mass is 9.79. The molecule has 0 radical (unpaired) electrons. The van der Waals surface area contributed by atoms with Crippen LogP contribution in [0.3, 0.4) is 0 Å². The van der Waals surface area contributed by atoms with Crippen LogP contribution in [0.2, 0.25) is 0 Å². The van der Waals surface area contributed by atoms with Crippen molar-refractivity contribution in [3.63, 3.8) is 0 Å². The topological polar surface area (TPSA) is 56.7 Å². The number of nitrogens with zero attached hydrogens (tertiary/aromatic N) is 2. The summed E-state index contributed by atoms with van der Waals surface area (Å²) in [5.41, 5.74) is 0.137. The maximum atomic E-state index is 11.6. The van der Waals surface area contributed by atoms with Gasteiger partial charge in [0.05, 0.1) is 0 Å². The molecule has 2 saturated heterocycles. The summed E-state index contributed by atoms with van der Waals surface area (Å²) in [6, 6.07) is 0. The van der Waals surface area contributed by atoms with E-state index < -0.39 is 0 Å². The normalized spacial score (nSPS) is 28.8. The van der Waals surface area contributed by atoms with E-state index in [1.807, 2.05) is 7.05 Å². The maximum absolute atomic E-state index is 11.6. The monoisotopic (exact) mass is 434 g/mol. The number of aliphatic imine (C=N–C) groups is 1. The molecular weight excluding hydrogens is 403 g/mol. The number of halogens is 1. The van der Waals surface area contributed by atoms with Gasteiger partial charge in [-0.2, -0.15) is 0 Å². The largest absolute Gasteiger partial charge is 0.356 e. The van der Waals surface area contributed by atoms with Crippen LogP contribution in [0.5, 0.6) is 0 Å². The number of carbonyl (C=O) groups is 1. The van der Waals surface area contributed by atoms with Crippen LogP contribution >= 0.6 is 24.0 Å². The third-order valence-electron chi connectivity index (χ3n) is 5.68. The van der Waals surface area contributed by atoms with Crippen molar-refractivity contribution in [2.75, 3.05) is 33.2 Å². The number of amides is 1. The molecule has 1 saturated carbocycles. The van der Waals surface area contributed by atoms with Gasteiger partial charge in [0.1, 0.15) is 0 Å². The zero-order valence-electron chi connectivity index (χ0n) is 14.3. The summed E-state index contributed by atoms with van der Waals surface area (Å²) in [6.45, 7) is 3.87. The molecule has 23 heavy (non-hydrogen) atoms. The van der Waals surface area contributed by atoms with E-state index in [2.05, 4.69) is 20.5 Å². The fourth-order valence-electron chi connectivity index (χ4n) is 4.45. The molecule has 1 amide bonds. The molecule has 2 aliphatic heterocycles. The van der Waals surface area contributed by atoms with Gasteiger partial charge in [0, 0.05) is 45.1 Å². The fourth-order valence-corrected chi connectivity index (χ4v) is 4.45. The molecule has 0 aromatic carbocycles. The second kappa shape index (κ2) is 8.53. The molecule has 132 valence electrons. The number of piperidine rings is 1. The Bertz CT molecular complexity index is 436. The maximum Gasteiger partial charge on any atom is 0.220 e. The van der Waals surface area contributed by atoms with Crippen molar-refractivity contribution in [2.45, 2.75) is 51.4 Å². The highest BCUT2D eigenvalue weighted by Gasteiger charge is 2.42. The predicted octanol–water partition coefficient (Wildman–Crippen LogP) is 2.36. The highest BCUT2D eigenvalue weighted by molar-refractivity contribution is 14.0. The van der Waals surface area contributed by atoms with Crippen molar-refractivity contribution in [3.05, 3.63) is 0 Å². The minimum absolute atomic E-state index is 0. The van der Waals surface area contributed by atoms with Gasteiger partial charge in [-0.05, 0) is 25.2 Å². The Labute approximate surface area is 157 Å². The van der Waals surface area contributed by atoms with Crippen molar-refractivity contribution in [3.8, 4) is 0 Å². The number of guanidine groups is 1. The highest BCUT2D eigenvalue weighted by atomic mass is 127. The van der Waals surface area contributed by atoms with Gasteiger partial charge in [-0.1, -0.05) is 25.7 Å². The van der Waals surface area contributed by atoms with E-state index in [0.29, 0.717) is 6.42 Å². The number of hydrogen-bond acceptors (Lipinski definition) is 2. The lowest BCUT2D eigenvalue weighted by molar-refractivity contribution is -0.119. The molecule has 5 nitrogen and oxygen atoms in total. The van der Waals surface area contributed by atoms with Gasteiger partial charge in [0.2, 0.25) is 5.91 Å². The third kappa shape index (κ3) is 4.73. The van der Waals surface area contributed by atoms with Gasteiger partial charge in [-0.3, -0.25) is 9.79 Å². The number of rotatable bonds is 3. The van der Waals surface area contributed by atoms with Crippen molar-refractivity contribution in [1.82, 2.24) is 15.5 Å². The number of hydrogen-bond donors (Lipinski definition) is 2. The molecule has 2 heterocycles. The first-order valence-electron chi connectivity index (χ1n) is 8.93. The summed E-state index contributed by atoms with van der Waals surface area (Å²) in [7, 11) is 1.87. The standard InChI is InChI=1S/C17H30N4O.HI/c1-18-16(19-9-7-14-5-2-3-6-14)21-10-4-8-17(13-21)11-15(22)20-12-17;/h14H,2-13H2,1H3,(H,18,19)(H,20,22);1H. The fraction of sp³-hybridized carbons (Fsp3) is 0.882. The molecular formula is C17H31IN4O. The molecule has 0 aromatic rings. The Morgan fingerprint density at radius 1 is 1.39 bits per heavy atom. The van der Waals surface area contributed by atoms with Crippen LogP contribution in [0.4, 0.5) is 0 Å². The number of likely N-dealkylation sites (tertiary alicyclic amines) is 1. The Hall–Kier alpha value is -0.530. The SMILES string of the molecule is CN=C(NCCC1CCCC1)N1CCCC2(CNC(=O)C2)C1.I. The van der Waals surface area contributed by atoms with Crippen LogP contribution in [0.15, 0.2) is 4.99 Å². The average molecular weight is 434 g/mol. The summed E-state index contributed by atoms with van der Waals surface area (Å²) in [5, 5.41) is 6.57. The molecule has 3 fully saturated rings. The van der Waals surface area contributed by atoms with Crippen molar-refractivity contribution in [2.24, 2.45) is 16.3 Å². The zero-order chi connectivity index (χ0) is 15.4. The first-order valence-corrected chi connectivity index (χ1v) is 8.93. The van der Waals surface area contributed by atoms with Crippen LogP contribution in [-0.4, -0.2) is 50.0 Å². The number of carbonyl (C=O) groups excluding carboxylic acids is 1. The van der Waals surface area contributed by atoms with E-state index in [4.69, 9.17) is 0 Å². The van der Waals surface area contributed by atoms with E-state index >= 15 is 0 Å². The second-order valence-corrected chi connectivity index (χ2v) is 7.39. The van der Waals surface area contributed by atoms with E-state index in [9.17, 15) is 4.79 Å². The molecule has 0 bridgehead atoms. The van der Waals surface area contributed by atoms with Crippen molar-refractivity contribution < 1.29 is 4.79 Å². The number of nitrogens with one attached hydrogen (secondary N) is 2. The van der Waals surface area contributed by atoms with Crippen molar-refractivity contribution in [1.29, 1.82) is 0 Å². The van der Waals surface area contributed by atoms with E-state index in [-0.39, 0.29) is 35.3 Å². The lowest BCUT2D eigenvalue weighted by Gasteiger charge is -2.40. The molecule has 3 rings (SSSR count). The molecule has 1 aliphatic carbocycles. The molecule has 1 atom stereocenters. The first-order chi connectivity index (χ1) is 10.7. The molecule has 3 aliphatic rings. The summed E-state index contributed by atoms with van der Waals surface area (Å²) in [6.07, 6.45) is 9.88. The van der Waals surface area contributed by atoms with Crippen molar-refractivity contribution >= 4 is 35.8 Å². The van der Waals surface area contributed by atoms with Gasteiger partial charge >= 0.3 is 0 Å². The van der Waals surface area contributed by atoms with Gasteiger partial charge in [-0.15, -0.1) is 24.0 Å². The smallest absolute Gasteiger partial charge is 0.220 e. The Morgan fingerprint density at radius 3 is 2.83 bits per heavy atom. The Balaban J connectivity index is 0.00000192. The van der Waals surface area contributed by atoms with Gasteiger partial charge in [-0.25, -0.2) is 0 Å². The second-order valence-electron chi connectivity index (χ2n) is 7.39. The summed E-state index contributed by atoms with van der Waals surface area (Å²) in [4.78, 5) is 18.4. The molecule has 0 aromatic heterocycles. The van der Waals surface area contributed by atoms with Crippen LogP contribution in [0.1, 0.15) is 51.4 Å². The highest BCUT2D eigenvalue weighted by Crippen LogP contribution is 2.36. The van der Waals surface area contributed by atoms with Gasteiger partial charge in [0.25, 0.3) is 0 Å². The van der Waals surface area contributed by atoms with Crippen LogP contribution < -0.4 is 10.6 Å². The van der Waals surface area contributed by atoms with Crippen LogP contribution in [-0.2, 0) is 4.79 Å². The summed E-state index contributed by atoms with van der Waals surface area (Å²) in [5.74, 6) is 2.15. The minimum Gasteiger partial charge on any atom is -0.356 e. The Kier molecular flexibility index (Phi) is 6.98. The Morgan fingerprint density at radius 2 is 2.17 bits per heavy atom. The molecule has 1 spiro atoms. The quantitative estimate of drug-likeness (QED) is 0.408.